The average Bonchev–Trinajstić information content (AvgIpc) is 3.24. The first-order valence-corrected chi connectivity index (χ1v) is 8.71. The molecule has 0 aliphatic carbocycles. The third kappa shape index (κ3) is 3.85. The van der Waals surface area contributed by atoms with E-state index in [4.69, 9.17) is 0 Å². The average molecular weight is 387 g/mol. The summed E-state index contributed by atoms with van der Waals surface area (Å²) in [7, 11) is 0. The van der Waals surface area contributed by atoms with Gasteiger partial charge in [0.1, 0.15) is 11.6 Å². The van der Waals surface area contributed by atoms with E-state index in [-0.39, 0.29) is 11.3 Å². The number of alkyl halides is 3. The number of nitrogens with one attached hydrogen (secondary N) is 1. The number of carbonyl (C=O) groups is 1. The molecule has 1 amide bonds. The minimum Gasteiger partial charge on any atom is -0.406 e. The number of hydrogen-bond acceptors (Lipinski definition) is 3. The largest absolute Gasteiger partial charge is 0.573 e. The molecule has 2 aromatic carbocycles. The van der Waals surface area contributed by atoms with Gasteiger partial charge in [-0.15, -0.1) is 13.2 Å². The maximum absolute atomic E-state index is 12.4. The molecule has 2 heterocycles. The van der Waals surface area contributed by atoms with Crippen LogP contribution in [0.15, 0.2) is 54.7 Å². The number of fused-ring (bicyclic) bond motifs is 1. The molecule has 0 radical (unpaired) electrons. The fourth-order valence-corrected chi connectivity index (χ4v) is 3.26. The number of ether oxygens (including phenoxy) is 1. The Kier molecular flexibility index (Phi) is 4.54. The molecule has 1 N–H and O–H groups in total. The van der Waals surface area contributed by atoms with Gasteiger partial charge in [-0.2, -0.15) is 0 Å². The molecular weight excluding hydrogens is 371 g/mol. The Hall–Kier alpha value is -3.29. The van der Waals surface area contributed by atoms with E-state index in [2.05, 4.69) is 19.6 Å². The molecule has 4 rings (SSSR count). The fraction of sp³-hybridized carbons (Fsp3) is 0.200. The summed E-state index contributed by atoms with van der Waals surface area (Å²) in [4.78, 5) is 16.8. The Morgan fingerprint density at radius 3 is 2.68 bits per heavy atom. The molecule has 1 aliphatic heterocycles. The van der Waals surface area contributed by atoms with E-state index in [0.717, 1.165) is 48.6 Å². The van der Waals surface area contributed by atoms with Crippen molar-refractivity contribution in [2.24, 2.45) is 0 Å². The Labute approximate surface area is 158 Å². The van der Waals surface area contributed by atoms with Gasteiger partial charge in [-0.25, -0.2) is 4.98 Å². The van der Waals surface area contributed by atoms with Crippen LogP contribution in [0.2, 0.25) is 0 Å². The SMILES string of the molecule is O=C(Nc1cccc(-c2cnc3n2CCC3)c1)c1ccc(OC(F)(F)F)cc1. The van der Waals surface area contributed by atoms with Crippen molar-refractivity contribution in [1.29, 1.82) is 0 Å². The van der Waals surface area contributed by atoms with Gasteiger partial charge in [0.05, 0.1) is 11.9 Å². The van der Waals surface area contributed by atoms with Crippen LogP contribution in [-0.2, 0) is 13.0 Å². The van der Waals surface area contributed by atoms with Crippen LogP contribution in [0, 0.1) is 0 Å². The predicted molar refractivity (Wildman–Crippen MR) is 97.1 cm³/mol. The third-order valence-corrected chi connectivity index (χ3v) is 4.49. The number of rotatable bonds is 4. The molecular formula is C20H16F3N3O2. The lowest BCUT2D eigenvalue weighted by atomic mass is 10.1. The number of amides is 1. The van der Waals surface area contributed by atoms with Crippen molar-refractivity contribution in [1.82, 2.24) is 9.55 Å². The van der Waals surface area contributed by atoms with E-state index >= 15 is 0 Å². The highest BCUT2D eigenvalue weighted by Crippen LogP contribution is 2.28. The topological polar surface area (TPSA) is 56.2 Å². The minimum atomic E-state index is -4.77. The Balaban J connectivity index is 1.49. The molecule has 144 valence electrons. The zero-order valence-corrected chi connectivity index (χ0v) is 14.7. The smallest absolute Gasteiger partial charge is 0.406 e. The van der Waals surface area contributed by atoms with Gasteiger partial charge in [0, 0.05) is 29.8 Å². The van der Waals surface area contributed by atoms with Gasteiger partial charge in [-0.3, -0.25) is 4.79 Å². The van der Waals surface area contributed by atoms with Gasteiger partial charge in [0.2, 0.25) is 0 Å². The van der Waals surface area contributed by atoms with Crippen LogP contribution in [0.25, 0.3) is 11.3 Å². The monoisotopic (exact) mass is 387 g/mol. The van der Waals surface area contributed by atoms with Crippen LogP contribution in [0.5, 0.6) is 5.75 Å². The molecule has 0 saturated heterocycles. The predicted octanol–water partition coefficient (Wildman–Crippen LogP) is 4.65. The van der Waals surface area contributed by atoms with E-state index in [0.29, 0.717) is 5.69 Å². The second kappa shape index (κ2) is 7.03. The molecule has 3 aromatic rings. The molecule has 0 saturated carbocycles. The standard InChI is InChI=1S/C20H16F3N3O2/c21-20(22,23)28-16-8-6-13(7-9-16)19(27)25-15-4-1-3-14(11-15)17-12-24-18-5-2-10-26(17)18/h1,3-4,6-9,11-12H,2,5,10H2,(H,25,27). The first-order chi connectivity index (χ1) is 13.4. The van der Waals surface area contributed by atoms with Gasteiger partial charge >= 0.3 is 6.36 Å². The normalized spacial score (nSPS) is 13.2. The molecule has 0 unspecified atom stereocenters. The maximum atomic E-state index is 12.4. The number of benzene rings is 2. The number of halogens is 3. The van der Waals surface area contributed by atoms with Crippen LogP contribution >= 0.6 is 0 Å². The van der Waals surface area contributed by atoms with Crippen molar-refractivity contribution >= 4 is 11.6 Å². The van der Waals surface area contributed by atoms with Crippen molar-refractivity contribution in [3.63, 3.8) is 0 Å². The van der Waals surface area contributed by atoms with Crippen LogP contribution in [0.4, 0.5) is 18.9 Å². The number of imidazole rings is 1. The lowest BCUT2D eigenvalue weighted by Gasteiger charge is -2.10. The van der Waals surface area contributed by atoms with Gasteiger partial charge in [-0.1, -0.05) is 12.1 Å². The summed E-state index contributed by atoms with van der Waals surface area (Å²) in [5, 5.41) is 2.76. The highest BCUT2D eigenvalue weighted by molar-refractivity contribution is 6.04. The maximum Gasteiger partial charge on any atom is 0.573 e. The number of nitrogens with zero attached hydrogens (tertiary/aromatic N) is 2. The van der Waals surface area contributed by atoms with Crippen molar-refractivity contribution in [2.45, 2.75) is 25.7 Å². The highest BCUT2D eigenvalue weighted by Gasteiger charge is 2.31. The summed E-state index contributed by atoms with van der Waals surface area (Å²) < 4.78 is 42.6. The number of aromatic nitrogens is 2. The van der Waals surface area contributed by atoms with E-state index in [1.807, 2.05) is 24.4 Å². The third-order valence-electron chi connectivity index (χ3n) is 4.49. The summed E-state index contributed by atoms with van der Waals surface area (Å²) in [6, 6.07) is 12.2. The summed E-state index contributed by atoms with van der Waals surface area (Å²) in [6.07, 6.45) is -0.905. The van der Waals surface area contributed by atoms with Crippen molar-refractivity contribution in [3.8, 4) is 17.0 Å². The van der Waals surface area contributed by atoms with Crippen molar-refractivity contribution < 1.29 is 22.7 Å². The van der Waals surface area contributed by atoms with Gasteiger partial charge < -0.3 is 14.6 Å². The highest BCUT2D eigenvalue weighted by atomic mass is 19.4. The molecule has 28 heavy (non-hydrogen) atoms. The molecule has 0 atom stereocenters. The summed E-state index contributed by atoms with van der Waals surface area (Å²) in [6.45, 7) is 0.924. The van der Waals surface area contributed by atoms with Gasteiger partial charge in [0.25, 0.3) is 5.91 Å². The zero-order chi connectivity index (χ0) is 19.7. The Bertz CT molecular complexity index is 1010. The lowest BCUT2D eigenvalue weighted by Crippen LogP contribution is -2.17. The molecule has 1 aromatic heterocycles. The first kappa shape index (κ1) is 18.1. The van der Waals surface area contributed by atoms with Gasteiger partial charge in [0.15, 0.2) is 0 Å². The van der Waals surface area contributed by atoms with E-state index in [1.54, 1.807) is 6.07 Å². The zero-order valence-electron chi connectivity index (χ0n) is 14.7. The number of aryl methyl sites for hydroxylation is 1. The Morgan fingerprint density at radius 1 is 1.14 bits per heavy atom. The molecule has 1 aliphatic rings. The molecule has 0 fully saturated rings. The summed E-state index contributed by atoms with van der Waals surface area (Å²) in [5.74, 6) is 0.264. The van der Waals surface area contributed by atoms with Crippen molar-refractivity contribution in [2.75, 3.05) is 5.32 Å². The van der Waals surface area contributed by atoms with E-state index in [9.17, 15) is 18.0 Å². The summed E-state index contributed by atoms with van der Waals surface area (Å²) in [5.41, 5.74) is 2.75. The minimum absolute atomic E-state index is 0.227. The molecule has 0 spiro atoms. The van der Waals surface area contributed by atoms with E-state index in [1.165, 1.54) is 12.1 Å². The van der Waals surface area contributed by atoms with Crippen LogP contribution in [-0.4, -0.2) is 21.8 Å². The molecule has 0 bridgehead atoms. The number of anilines is 1. The number of hydrogen-bond donors (Lipinski definition) is 1. The van der Waals surface area contributed by atoms with Gasteiger partial charge in [-0.05, 0) is 42.8 Å². The second-order valence-electron chi connectivity index (χ2n) is 6.42. The molecule has 5 nitrogen and oxygen atoms in total. The second-order valence-corrected chi connectivity index (χ2v) is 6.42. The lowest BCUT2D eigenvalue weighted by molar-refractivity contribution is -0.274. The van der Waals surface area contributed by atoms with E-state index < -0.39 is 12.3 Å². The van der Waals surface area contributed by atoms with Crippen molar-refractivity contribution in [3.05, 3.63) is 66.1 Å². The summed E-state index contributed by atoms with van der Waals surface area (Å²) >= 11 is 0. The molecule has 8 heteroatoms. The quantitative estimate of drug-likeness (QED) is 0.709. The fourth-order valence-electron chi connectivity index (χ4n) is 3.26. The van der Waals surface area contributed by atoms with Crippen LogP contribution < -0.4 is 10.1 Å². The van der Waals surface area contributed by atoms with Crippen LogP contribution in [0.1, 0.15) is 22.6 Å². The Morgan fingerprint density at radius 2 is 1.93 bits per heavy atom. The van der Waals surface area contributed by atoms with Crippen LogP contribution in [0.3, 0.4) is 0 Å². The first-order valence-electron chi connectivity index (χ1n) is 8.71. The number of carbonyl (C=O) groups excluding carboxylic acids is 1.